The third kappa shape index (κ3) is 2.60. The smallest absolute Gasteiger partial charge is 0.118 e. The summed E-state index contributed by atoms with van der Waals surface area (Å²) in [5, 5.41) is 0. The molecule has 6 rings (SSSR count). The van der Waals surface area contributed by atoms with E-state index in [1.165, 1.54) is 44.6 Å². The summed E-state index contributed by atoms with van der Waals surface area (Å²) >= 11 is 0. The lowest BCUT2D eigenvalue weighted by molar-refractivity contribution is 0.415. The van der Waals surface area contributed by atoms with Crippen molar-refractivity contribution in [3.63, 3.8) is 0 Å². The van der Waals surface area contributed by atoms with Crippen molar-refractivity contribution in [2.45, 2.75) is 25.7 Å². The van der Waals surface area contributed by atoms with E-state index in [0.29, 0.717) is 0 Å². The summed E-state index contributed by atoms with van der Waals surface area (Å²) in [5.74, 6) is 0.875. The van der Waals surface area contributed by atoms with E-state index in [1.807, 2.05) is 12.1 Å². The van der Waals surface area contributed by atoms with Gasteiger partial charge in [0, 0.05) is 22.4 Å². The quantitative estimate of drug-likeness (QED) is 0.402. The van der Waals surface area contributed by atoms with Crippen molar-refractivity contribution in [3.8, 4) is 39.3 Å². The Bertz CT molecular complexity index is 1270. The number of hydrogen-bond acceptors (Lipinski definition) is 2. The second-order valence-electron chi connectivity index (χ2n) is 8.18. The molecule has 1 aromatic heterocycles. The number of benzene rings is 3. The van der Waals surface area contributed by atoms with E-state index in [1.54, 1.807) is 7.11 Å². The van der Waals surface area contributed by atoms with Crippen LogP contribution < -0.4 is 4.74 Å². The van der Waals surface area contributed by atoms with Crippen LogP contribution in [0.4, 0.5) is 0 Å². The van der Waals surface area contributed by atoms with E-state index >= 15 is 0 Å². The minimum atomic E-state index is 0.875. The number of pyridine rings is 1. The molecule has 0 atom stereocenters. The van der Waals surface area contributed by atoms with Gasteiger partial charge in [0.2, 0.25) is 0 Å². The van der Waals surface area contributed by atoms with Crippen molar-refractivity contribution >= 4 is 0 Å². The fourth-order valence-corrected chi connectivity index (χ4v) is 5.16. The fourth-order valence-electron chi connectivity index (χ4n) is 5.16. The molecule has 0 saturated carbocycles. The maximum absolute atomic E-state index is 5.38. The van der Waals surface area contributed by atoms with Gasteiger partial charge in [0.25, 0.3) is 0 Å². The molecule has 0 spiro atoms. The van der Waals surface area contributed by atoms with Crippen LogP contribution in [0.2, 0.25) is 0 Å². The van der Waals surface area contributed by atoms with Gasteiger partial charge in [-0.15, -0.1) is 0 Å². The Morgan fingerprint density at radius 3 is 2.00 bits per heavy atom. The van der Waals surface area contributed by atoms with Crippen LogP contribution in [0.5, 0.6) is 5.75 Å². The van der Waals surface area contributed by atoms with E-state index in [9.17, 15) is 0 Å². The monoisotopic (exact) mass is 389 g/mol. The van der Waals surface area contributed by atoms with Gasteiger partial charge in [0.05, 0.1) is 12.8 Å². The molecule has 1 heterocycles. The highest BCUT2D eigenvalue weighted by atomic mass is 16.5. The third-order valence-corrected chi connectivity index (χ3v) is 6.59. The third-order valence-electron chi connectivity index (χ3n) is 6.59. The molecule has 2 aliphatic carbocycles. The number of fused-ring (bicyclic) bond motifs is 7. The van der Waals surface area contributed by atoms with Crippen LogP contribution in [-0.4, -0.2) is 12.1 Å². The summed E-state index contributed by atoms with van der Waals surface area (Å²) in [7, 11) is 1.71. The van der Waals surface area contributed by atoms with Gasteiger partial charge in [-0.05, 0) is 77.8 Å². The molecule has 2 nitrogen and oxygen atoms in total. The molecule has 4 aromatic rings. The number of hydrogen-bond donors (Lipinski definition) is 0. The van der Waals surface area contributed by atoms with Gasteiger partial charge in [-0.2, -0.15) is 0 Å². The Kier molecular flexibility index (Phi) is 3.98. The van der Waals surface area contributed by atoms with E-state index in [4.69, 9.17) is 9.72 Å². The first-order valence-corrected chi connectivity index (χ1v) is 10.7. The van der Waals surface area contributed by atoms with Crippen LogP contribution in [0.1, 0.15) is 22.4 Å². The molecule has 3 aromatic carbocycles. The molecule has 2 heteroatoms. The maximum Gasteiger partial charge on any atom is 0.118 e. The SMILES string of the molecule is COc1ccc(-c2nc3c(c4c2-c2ccccc2CC4)-c2ccccc2CC3)cc1. The molecule has 0 unspecified atom stereocenters. The van der Waals surface area contributed by atoms with Gasteiger partial charge in [-0.25, -0.2) is 0 Å². The topological polar surface area (TPSA) is 22.1 Å². The van der Waals surface area contributed by atoms with Crippen LogP contribution in [0.25, 0.3) is 33.5 Å². The van der Waals surface area contributed by atoms with Crippen molar-refractivity contribution in [1.29, 1.82) is 0 Å². The van der Waals surface area contributed by atoms with Gasteiger partial charge < -0.3 is 4.74 Å². The number of aryl methyl sites for hydroxylation is 3. The molecular weight excluding hydrogens is 366 g/mol. The summed E-state index contributed by atoms with van der Waals surface area (Å²) in [6, 6.07) is 26.1. The zero-order chi connectivity index (χ0) is 20.1. The van der Waals surface area contributed by atoms with Crippen molar-refractivity contribution in [1.82, 2.24) is 4.98 Å². The molecule has 0 fully saturated rings. The minimum absolute atomic E-state index is 0.875. The van der Waals surface area contributed by atoms with E-state index < -0.39 is 0 Å². The number of ether oxygens (including phenoxy) is 1. The van der Waals surface area contributed by atoms with Gasteiger partial charge in [0.15, 0.2) is 0 Å². The van der Waals surface area contributed by atoms with Crippen LogP contribution in [0.15, 0.2) is 72.8 Å². The molecular formula is C28H23NO. The molecule has 30 heavy (non-hydrogen) atoms. The maximum atomic E-state index is 5.38. The lowest BCUT2D eigenvalue weighted by Gasteiger charge is -2.30. The summed E-state index contributed by atoms with van der Waals surface area (Å²) in [4.78, 5) is 5.31. The summed E-state index contributed by atoms with van der Waals surface area (Å²) < 4.78 is 5.38. The molecule has 0 radical (unpaired) electrons. The Labute approximate surface area is 177 Å². The summed E-state index contributed by atoms with van der Waals surface area (Å²) in [6.45, 7) is 0. The zero-order valence-corrected chi connectivity index (χ0v) is 17.1. The van der Waals surface area contributed by atoms with Gasteiger partial charge in [-0.1, -0.05) is 48.5 Å². The number of rotatable bonds is 2. The largest absolute Gasteiger partial charge is 0.497 e. The molecule has 0 N–H and O–H groups in total. The average Bonchev–Trinajstić information content (AvgIpc) is 2.83. The van der Waals surface area contributed by atoms with E-state index in [2.05, 4.69) is 60.7 Å². The highest BCUT2D eigenvalue weighted by Gasteiger charge is 2.29. The van der Waals surface area contributed by atoms with Crippen molar-refractivity contribution in [2.75, 3.05) is 7.11 Å². The molecule has 0 saturated heterocycles. The predicted octanol–water partition coefficient (Wildman–Crippen LogP) is 6.29. The standard InChI is InChI=1S/C28H23NO/c1-30-21-14-10-20(11-15-21)28-27-23-9-5-3-6-18(23)12-16-24(27)26-22-8-4-2-7-19(22)13-17-25(26)29-28/h2-11,14-15H,12-13,16-17H2,1H3. The van der Waals surface area contributed by atoms with Crippen molar-refractivity contribution in [3.05, 3.63) is 95.2 Å². The number of aromatic nitrogens is 1. The van der Waals surface area contributed by atoms with Gasteiger partial charge >= 0.3 is 0 Å². The van der Waals surface area contributed by atoms with Crippen LogP contribution in [-0.2, 0) is 25.7 Å². The highest BCUT2D eigenvalue weighted by molar-refractivity contribution is 5.92. The first kappa shape index (κ1) is 17.5. The van der Waals surface area contributed by atoms with Gasteiger partial charge in [-0.3, -0.25) is 4.98 Å². The molecule has 0 bridgehead atoms. The minimum Gasteiger partial charge on any atom is -0.497 e. The second-order valence-corrected chi connectivity index (χ2v) is 8.18. The van der Waals surface area contributed by atoms with E-state index in [0.717, 1.165) is 42.7 Å². The Morgan fingerprint density at radius 2 is 1.30 bits per heavy atom. The normalized spacial score (nSPS) is 13.6. The molecule has 2 aliphatic rings. The molecule has 0 aliphatic heterocycles. The van der Waals surface area contributed by atoms with E-state index in [-0.39, 0.29) is 0 Å². The zero-order valence-electron chi connectivity index (χ0n) is 17.1. The predicted molar refractivity (Wildman–Crippen MR) is 122 cm³/mol. The van der Waals surface area contributed by atoms with Crippen LogP contribution >= 0.6 is 0 Å². The lowest BCUT2D eigenvalue weighted by Crippen LogP contribution is -2.15. The van der Waals surface area contributed by atoms with Gasteiger partial charge in [0.1, 0.15) is 5.75 Å². The number of methoxy groups -OCH3 is 1. The Morgan fingerprint density at radius 1 is 0.667 bits per heavy atom. The Hall–Kier alpha value is -3.39. The van der Waals surface area contributed by atoms with Crippen molar-refractivity contribution in [2.24, 2.45) is 0 Å². The molecule has 0 amide bonds. The number of nitrogens with zero attached hydrogens (tertiary/aromatic N) is 1. The summed E-state index contributed by atoms with van der Waals surface area (Å²) in [6.07, 6.45) is 4.22. The first-order chi connectivity index (χ1) is 14.8. The Balaban J connectivity index is 1.68. The highest BCUT2D eigenvalue weighted by Crippen LogP contribution is 2.47. The summed E-state index contributed by atoms with van der Waals surface area (Å²) in [5.41, 5.74) is 13.3. The van der Waals surface area contributed by atoms with Crippen LogP contribution in [0.3, 0.4) is 0 Å². The fraction of sp³-hybridized carbons (Fsp3) is 0.179. The lowest BCUT2D eigenvalue weighted by atomic mass is 9.76. The second kappa shape index (κ2) is 6.84. The average molecular weight is 389 g/mol. The molecule has 146 valence electrons. The van der Waals surface area contributed by atoms with Crippen molar-refractivity contribution < 1.29 is 4.74 Å². The van der Waals surface area contributed by atoms with Crippen LogP contribution in [0, 0.1) is 0 Å². The first-order valence-electron chi connectivity index (χ1n) is 10.7.